The summed E-state index contributed by atoms with van der Waals surface area (Å²) in [6.45, 7) is 2.28. The quantitative estimate of drug-likeness (QED) is 0.472. The fourth-order valence-electron chi connectivity index (χ4n) is 2.38. The van der Waals surface area contributed by atoms with E-state index in [1.807, 2.05) is 0 Å². The Morgan fingerprint density at radius 3 is 3.00 bits per heavy atom. The maximum atomic E-state index is 12.2. The SMILES string of the molecule is Cl.O=C(NCC1=CCNCC1)c1csc(-c2cccc([N+](=O)[O-])c2)n1. The van der Waals surface area contributed by atoms with Crippen LogP contribution in [0.1, 0.15) is 16.9 Å². The number of nitro groups is 1. The zero-order valence-electron chi connectivity index (χ0n) is 13.2. The molecule has 2 N–H and O–H groups in total. The Bertz CT molecular complexity index is 806. The van der Waals surface area contributed by atoms with Crippen LogP contribution in [0.4, 0.5) is 5.69 Å². The second-order valence-electron chi connectivity index (χ2n) is 5.34. The van der Waals surface area contributed by atoms with Gasteiger partial charge in [0, 0.05) is 36.2 Å². The predicted molar refractivity (Wildman–Crippen MR) is 99.4 cm³/mol. The molecule has 1 aliphatic rings. The highest BCUT2D eigenvalue weighted by Gasteiger charge is 2.14. The molecule has 0 spiro atoms. The highest BCUT2D eigenvalue weighted by Crippen LogP contribution is 2.26. The van der Waals surface area contributed by atoms with Crippen molar-refractivity contribution >= 4 is 35.3 Å². The average molecular weight is 381 g/mol. The van der Waals surface area contributed by atoms with Crippen LogP contribution in [-0.2, 0) is 0 Å². The first-order chi connectivity index (χ1) is 11.6. The number of benzene rings is 1. The van der Waals surface area contributed by atoms with Gasteiger partial charge in [0.1, 0.15) is 10.7 Å². The molecule has 2 heterocycles. The Labute approximate surface area is 154 Å². The van der Waals surface area contributed by atoms with Crippen molar-refractivity contribution in [1.82, 2.24) is 15.6 Å². The van der Waals surface area contributed by atoms with Crippen LogP contribution in [0.15, 0.2) is 41.3 Å². The summed E-state index contributed by atoms with van der Waals surface area (Å²) in [6.07, 6.45) is 3.01. The summed E-state index contributed by atoms with van der Waals surface area (Å²) in [7, 11) is 0. The van der Waals surface area contributed by atoms with Crippen molar-refractivity contribution in [1.29, 1.82) is 0 Å². The number of thiazole rings is 1. The topological polar surface area (TPSA) is 97.2 Å². The summed E-state index contributed by atoms with van der Waals surface area (Å²) < 4.78 is 0. The number of halogens is 1. The highest BCUT2D eigenvalue weighted by molar-refractivity contribution is 7.13. The lowest BCUT2D eigenvalue weighted by Gasteiger charge is -2.14. The molecule has 0 saturated carbocycles. The van der Waals surface area contributed by atoms with Crippen molar-refractivity contribution in [2.45, 2.75) is 6.42 Å². The van der Waals surface area contributed by atoms with E-state index in [1.54, 1.807) is 17.5 Å². The van der Waals surface area contributed by atoms with Gasteiger partial charge < -0.3 is 10.6 Å². The third kappa shape index (κ3) is 4.85. The fourth-order valence-corrected chi connectivity index (χ4v) is 3.17. The summed E-state index contributed by atoms with van der Waals surface area (Å²) in [5, 5.41) is 19.2. The van der Waals surface area contributed by atoms with E-state index in [9.17, 15) is 14.9 Å². The smallest absolute Gasteiger partial charge is 0.271 e. The van der Waals surface area contributed by atoms with Gasteiger partial charge in [0.15, 0.2) is 0 Å². The van der Waals surface area contributed by atoms with Crippen LogP contribution in [-0.4, -0.2) is 35.4 Å². The van der Waals surface area contributed by atoms with E-state index in [-0.39, 0.29) is 24.0 Å². The molecule has 3 rings (SSSR count). The molecule has 1 aromatic carbocycles. The molecule has 0 aliphatic carbocycles. The van der Waals surface area contributed by atoms with E-state index in [4.69, 9.17) is 0 Å². The first kappa shape index (κ1) is 19.0. The van der Waals surface area contributed by atoms with Gasteiger partial charge in [-0.25, -0.2) is 4.98 Å². The molecule has 1 aliphatic heterocycles. The molecule has 9 heteroatoms. The number of rotatable bonds is 5. The summed E-state index contributed by atoms with van der Waals surface area (Å²) in [4.78, 5) is 26.9. The van der Waals surface area contributed by atoms with Crippen LogP contribution in [0.25, 0.3) is 10.6 Å². The van der Waals surface area contributed by atoms with Crippen LogP contribution in [0.5, 0.6) is 0 Å². The largest absolute Gasteiger partial charge is 0.347 e. The summed E-state index contributed by atoms with van der Waals surface area (Å²) in [5.41, 5.74) is 2.17. The van der Waals surface area contributed by atoms with Crippen LogP contribution in [0.2, 0.25) is 0 Å². The normalized spacial score (nSPS) is 13.5. The second-order valence-corrected chi connectivity index (χ2v) is 6.20. The van der Waals surface area contributed by atoms with Gasteiger partial charge in [0.05, 0.1) is 4.92 Å². The first-order valence-electron chi connectivity index (χ1n) is 7.50. The number of amides is 1. The number of hydrogen-bond acceptors (Lipinski definition) is 6. The maximum Gasteiger partial charge on any atom is 0.271 e. The third-order valence-corrected chi connectivity index (χ3v) is 4.57. The predicted octanol–water partition coefficient (Wildman–Crippen LogP) is 2.79. The van der Waals surface area contributed by atoms with Crippen LogP contribution in [0.3, 0.4) is 0 Å². The Morgan fingerprint density at radius 2 is 2.28 bits per heavy atom. The number of non-ortho nitro benzene ring substituents is 1. The van der Waals surface area contributed by atoms with Gasteiger partial charge >= 0.3 is 0 Å². The van der Waals surface area contributed by atoms with Gasteiger partial charge in [-0.05, 0) is 13.0 Å². The zero-order chi connectivity index (χ0) is 16.9. The van der Waals surface area contributed by atoms with Gasteiger partial charge in [-0.2, -0.15) is 0 Å². The Balaban J connectivity index is 0.00000225. The van der Waals surface area contributed by atoms with E-state index >= 15 is 0 Å². The van der Waals surface area contributed by atoms with Crippen LogP contribution in [0, 0.1) is 10.1 Å². The molecule has 0 atom stereocenters. The van der Waals surface area contributed by atoms with Gasteiger partial charge in [0.2, 0.25) is 0 Å². The molecular formula is C16H17ClN4O3S. The molecule has 0 saturated heterocycles. The van der Waals surface area contributed by atoms with Gasteiger partial charge in [0.25, 0.3) is 11.6 Å². The monoisotopic (exact) mass is 380 g/mol. The molecule has 7 nitrogen and oxygen atoms in total. The van der Waals surface area contributed by atoms with Crippen molar-refractivity contribution in [2.24, 2.45) is 0 Å². The van der Waals surface area contributed by atoms with Crippen molar-refractivity contribution in [3.63, 3.8) is 0 Å². The summed E-state index contributed by atoms with van der Waals surface area (Å²) in [5.74, 6) is -0.234. The number of nitrogens with zero attached hydrogens (tertiary/aromatic N) is 2. The minimum atomic E-state index is -0.447. The molecule has 1 amide bonds. The first-order valence-corrected chi connectivity index (χ1v) is 8.38. The lowest BCUT2D eigenvalue weighted by molar-refractivity contribution is -0.384. The molecule has 132 valence electrons. The van der Waals surface area contributed by atoms with E-state index in [0.717, 1.165) is 19.5 Å². The lowest BCUT2D eigenvalue weighted by atomic mass is 10.1. The van der Waals surface area contributed by atoms with E-state index in [0.29, 0.717) is 22.8 Å². The molecule has 0 bridgehead atoms. The average Bonchev–Trinajstić information content (AvgIpc) is 3.11. The number of nitro benzene ring substituents is 1. The number of aromatic nitrogens is 1. The molecule has 0 unspecified atom stereocenters. The fraction of sp³-hybridized carbons (Fsp3) is 0.250. The maximum absolute atomic E-state index is 12.2. The Hall–Kier alpha value is -2.29. The molecule has 0 radical (unpaired) electrons. The van der Waals surface area contributed by atoms with Crippen molar-refractivity contribution in [2.75, 3.05) is 19.6 Å². The van der Waals surface area contributed by atoms with Crippen molar-refractivity contribution < 1.29 is 9.72 Å². The number of carbonyl (C=O) groups is 1. The van der Waals surface area contributed by atoms with E-state index in [1.165, 1.54) is 29.0 Å². The minimum absolute atomic E-state index is 0. The number of hydrogen-bond donors (Lipinski definition) is 2. The Morgan fingerprint density at radius 1 is 1.44 bits per heavy atom. The molecule has 2 aromatic rings. The molecule has 0 fully saturated rings. The van der Waals surface area contributed by atoms with Crippen LogP contribution >= 0.6 is 23.7 Å². The second kappa shape index (κ2) is 8.70. The summed E-state index contributed by atoms with van der Waals surface area (Å²) in [6, 6.07) is 6.24. The molecular weight excluding hydrogens is 364 g/mol. The standard InChI is InChI=1S/C16H16N4O3S.ClH/c21-15(18-9-11-4-6-17-7-5-11)14-10-24-16(19-14)12-2-1-3-13(8-12)20(22)23;/h1-4,8,10,17H,5-7,9H2,(H,18,21);1H. The zero-order valence-corrected chi connectivity index (χ0v) is 14.9. The van der Waals surface area contributed by atoms with E-state index < -0.39 is 4.92 Å². The van der Waals surface area contributed by atoms with Gasteiger partial charge in [-0.3, -0.25) is 14.9 Å². The summed E-state index contributed by atoms with van der Waals surface area (Å²) >= 11 is 1.29. The minimum Gasteiger partial charge on any atom is -0.347 e. The molecule has 1 aromatic heterocycles. The number of carbonyl (C=O) groups excluding carboxylic acids is 1. The number of nitrogens with one attached hydrogen (secondary N) is 2. The van der Waals surface area contributed by atoms with Crippen LogP contribution < -0.4 is 10.6 Å². The van der Waals surface area contributed by atoms with Gasteiger partial charge in [-0.15, -0.1) is 23.7 Å². The third-order valence-electron chi connectivity index (χ3n) is 3.67. The van der Waals surface area contributed by atoms with Gasteiger partial charge in [-0.1, -0.05) is 23.8 Å². The highest BCUT2D eigenvalue weighted by atomic mass is 35.5. The Kier molecular flexibility index (Phi) is 6.63. The van der Waals surface area contributed by atoms with E-state index in [2.05, 4.69) is 21.7 Å². The lowest BCUT2D eigenvalue weighted by Crippen LogP contribution is -2.29. The van der Waals surface area contributed by atoms with Crippen molar-refractivity contribution in [3.8, 4) is 10.6 Å². The molecule has 25 heavy (non-hydrogen) atoms. The van der Waals surface area contributed by atoms with Crippen molar-refractivity contribution in [3.05, 3.63) is 57.1 Å².